The number of carbonyl (C=O) groups is 1. The van der Waals surface area contributed by atoms with E-state index in [0.717, 1.165) is 33.8 Å². The highest BCUT2D eigenvalue weighted by molar-refractivity contribution is 6.37. The van der Waals surface area contributed by atoms with Crippen LogP contribution in [0.15, 0.2) is 132 Å². The molecule has 1 aliphatic heterocycles. The smallest absolute Gasteiger partial charge is 0.281 e. The van der Waals surface area contributed by atoms with E-state index in [-0.39, 0.29) is 5.91 Å². The molecule has 0 N–H and O–H groups in total. The average molecular weight is 497 g/mol. The first kappa shape index (κ1) is 23.2. The van der Waals surface area contributed by atoms with Gasteiger partial charge in [0.05, 0.1) is 29.8 Å². The zero-order valence-electron chi connectivity index (χ0n) is 20.7. The fourth-order valence-corrected chi connectivity index (χ4v) is 4.43. The van der Waals surface area contributed by atoms with Crippen molar-refractivity contribution in [2.24, 2.45) is 5.10 Å². The number of anilines is 1. The summed E-state index contributed by atoms with van der Waals surface area (Å²) in [6, 6.07) is 36.9. The van der Waals surface area contributed by atoms with Gasteiger partial charge in [-0.05, 0) is 54.6 Å². The average Bonchev–Trinajstić information content (AvgIpc) is 3.56. The molecular weight excluding hydrogens is 472 g/mol. The van der Waals surface area contributed by atoms with Crippen LogP contribution in [-0.2, 0) is 4.79 Å². The summed E-state index contributed by atoms with van der Waals surface area (Å²) in [4.78, 5) is 13.8. The molecule has 0 saturated heterocycles. The second-order valence-corrected chi connectivity index (χ2v) is 8.77. The fraction of sp³-hybridized carbons (Fsp3) is 0.0312. The van der Waals surface area contributed by atoms with E-state index in [4.69, 9.17) is 14.9 Å². The van der Waals surface area contributed by atoms with Crippen LogP contribution >= 0.6 is 0 Å². The number of hydrazone groups is 1. The van der Waals surface area contributed by atoms with Crippen LogP contribution in [0, 0.1) is 0 Å². The van der Waals surface area contributed by atoms with Gasteiger partial charge in [-0.25, -0.2) is 4.68 Å². The Bertz CT molecular complexity index is 1640. The number of nitrogens with zero attached hydrogens (tertiary/aromatic N) is 4. The predicted octanol–water partition coefficient (Wildman–Crippen LogP) is 6.38. The first-order valence-corrected chi connectivity index (χ1v) is 12.3. The number of carbonyl (C=O) groups excluding carboxylic acids is 1. The molecule has 2 heterocycles. The van der Waals surface area contributed by atoms with Crippen molar-refractivity contribution in [2.45, 2.75) is 0 Å². The Morgan fingerprint density at radius 2 is 1.32 bits per heavy atom. The fourth-order valence-electron chi connectivity index (χ4n) is 4.43. The molecule has 0 spiro atoms. The number of para-hydroxylation sites is 2. The van der Waals surface area contributed by atoms with Crippen LogP contribution in [0.25, 0.3) is 23.0 Å². The summed E-state index contributed by atoms with van der Waals surface area (Å²) < 4.78 is 7.18. The van der Waals surface area contributed by atoms with Crippen molar-refractivity contribution in [1.29, 1.82) is 0 Å². The topological polar surface area (TPSA) is 59.7 Å². The van der Waals surface area contributed by atoms with E-state index in [1.54, 1.807) is 7.11 Å². The van der Waals surface area contributed by atoms with Crippen molar-refractivity contribution in [3.8, 4) is 22.7 Å². The van der Waals surface area contributed by atoms with E-state index in [1.807, 2.05) is 132 Å². The van der Waals surface area contributed by atoms with Gasteiger partial charge >= 0.3 is 0 Å². The van der Waals surface area contributed by atoms with Crippen molar-refractivity contribution in [2.75, 3.05) is 12.1 Å². The Kier molecular flexibility index (Phi) is 6.12. The minimum absolute atomic E-state index is 0.191. The molecule has 0 unspecified atom stereocenters. The van der Waals surface area contributed by atoms with Gasteiger partial charge in [0.1, 0.15) is 11.5 Å². The molecule has 5 aromatic rings. The lowest BCUT2D eigenvalue weighted by Crippen LogP contribution is -2.21. The first-order chi connectivity index (χ1) is 18.7. The molecule has 0 radical (unpaired) electrons. The van der Waals surface area contributed by atoms with E-state index in [2.05, 4.69) is 0 Å². The maximum atomic E-state index is 13.8. The van der Waals surface area contributed by atoms with Crippen LogP contribution in [0.1, 0.15) is 11.1 Å². The van der Waals surface area contributed by atoms with Gasteiger partial charge in [0.15, 0.2) is 0 Å². The number of amides is 1. The SMILES string of the molecule is COc1ccc(-c2nn(-c3ccccc3)cc2/C=C2\C(=O)N(c3ccccc3)N=C2c2ccccc2)cc1. The van der Waals surface area contributed by atoms with Crippen LogP contribution in [0.5, 0.6) is 5.75 Å². The molecule has 1 aliphatic rings. The van der Waals surface area contributed by atoms with Crippen LogP contribution in [0.2, 0.25) is 0 Å². The largest absolute Gasteiger partial charge is 0.497 e. The molecule has 6 heteroatoms. The van der Waals surface area contributed by atoms with Crippen LogP contribution in [-0.4, -0.2) is 28.5 Å². The second kappa shape index (κ2) is 10.0. The Morgan fingerprint density at radius 1 is 0.711 bits per heavy atom. The van der Waals surface area contributed by atoms with E-state index < -0.39 is 0 Å². The number of ether oxygens (including phenoxy) is 1. The molecule has 0 bridgehead atoms. The number of methoxy groups -OCH3 is 1. The minimum atomic E-state index is -0.191. The van der Waals surface area contributed by atoms with Gasteiger partial charge in [0.2, 0.25) is 0 Å². The molecular formula is C32H24N4O2. The number of rotatable bonds is 6. The summed E-state index contributed by atoms with van der Waals surface area (Å²) in [5, 5.41) is 11.1. The molecule has 184 valence electrons. The van der Waals surface area contributed by atoms with Gasteiger partial charge in [-0.3, -0.25) is 4.79 Å². The van der Waals surface area contributed by atoms with Gasteiger partial charge in [0, 0.05) is 22.9 Å². The van der Waals surface area contributed by atoms with E-state index in [0.29, 0.717) is 17.0 Å². The molecule has 0 aliphatic carbocycles. The molecule has 1 amide bonds. The second-order valence-electron chi connectivity index (χ2n) is 8.77. The zero-order chi connectivity index (χ0) is 25.9. The van der Waals surface area contributed by atoms with Gasteiger partial charge in [-0.2, -0.15) is 15.2 Å². The lowest BCUT2D eigenvalue weighted by molar-refractivity contribution is -0.114. The zero-order valence-corrected chi connectivity index (χ0v) is 20.7. The third-order valence-corrected chi connectivity index (χ3v) is 6.35. The quantitative estimate of drug-likeness (QED) is 0.256. The molecule has 1 aromatic heterocycles. The van der Waals surface area contributed by atoms with Crippen molar-refractivity contribution >= 4 is 23.4 Å². The van der Waals surface area contributed by atoms with E-state index in [1.165, 1.54) is 5.01 Å². The van der Waals surface area contributed by atoms with Crippen molar-refractivity contribution < 1.29 is 9.53 Å². The Morgan fingerprint density at radius 3 is 1.95 bits per heavy atom. The third kappa shape index (κ3) is 4.40. The van der Waals surface area contributed by atoms with E-state index >= 15 is 0 Å². The number of aromatic nitrogens is 2. The number of hydrogen-bond donors (Lipinski definition) is 0. The van der Waals surface area contributed by atoms with Crippen molar-refractivity contribution in [3.63, 3.8) is 0 Å². The van der Waals surface area contributed by atoms with Gasteiger partial charge in [0.25, 0.3) is 5.91 Å². The minimum Gasteiger partial charge on any atom is -0.497 e. The molecule has 0 fully saturated rings. The Balaban J connectivity index is 1.51. The molecule has 0 saturated carbocycles. The highest BCUT2D eigenvalue weighted by atomic mass is 16.5. The summed E-state index contributed by atoms with van der Waals surface area (Å²) in [6.45, 7) is 0. The van der Waals surface area contributed by atoms with E-state index in [9.17, 15) is 4.79 Å². The maximum absolute atomic E-state index is 13.8. The van der Waals surface area contributed by atoms with Crippen LogP contribution in [0.4, 0.5) is 5.69 Å². The van der Waals surface area contributed by atoms with Gasteiger partial charge in [-0.15, -0.1) is 0 Å². The third-order valence-electron chi connectivity index (χ3n) is 6.35. The lowest BCUT2D eigenvalue weighted by atomic mass is 9.99. The molecule has 6 rings (SSSR count). The monoisotopic (exact) mass is 496 g/mol. The maximum Gasteiger partial charge on any atom is 0.281 e. The Hall–Kier alpha value is -5.23. The lowest BCUT2D eigenvalue weighted by Gasteiger charge is -2.10. The van der Waals surface area contributed by atoms with Gasteiger partial charge in [-0.1, -0.05) is 66.7 Å². The van der Waals surface area contributed by atoms with Crippen molar-refractivity contribution in [1.82, 2.24) is 9.78 Å². The normalized spacial score (nSPS) is 14.1. The van der Waals surface area contributed by atoms with Gasteiger partial charge < -0.3 is 4.74 Å². The van der Waals surface area contributed by atoms with Crippen LogP contribution < -0.4 is 9.75 Å². The summed E-state index contributed by atoms with van der Waals surface area (Å²) in [7, 11) is 1.64. The summed E-state index contributed by atoms with van der Waals surface area (Å²) in [5.41, 5.74) is 6.10. The number of hydrogen-bond acceptors (Lipinski definition) is 4. The highest BCUT2D eigenvalue weighted by Gasteiger charge is 2.32. The predicted molar refractivity (Wildman–Crippen MR) is 150 cm³/mol. The molecule has 0 atom stereocenters. The molecule has 38 heavy (non-hydrogen) atoms. The molecule has 6 nitrogen and oxygen atoms in total. The summed E-state index contributed by atoms with van der Waals surface area (Å²) >= 11 is 0. The summed E-state index contributed by atoms with van der Waals surface area (Å²) in [6.07, 6.45) is 3.84. The first-order valence-electron chi connectivity index (χ1n) is 12.3. The standard InChI is InChI=1S/C32H24N4O2/c1-38-28-19-17-24(18-20-28)30-25(22-35(33-30)26-13-7-3-8-14-26)21-29-31(23-11-5-2-6-12-23)34-36(32(29)37)27-15-9-4-10-16-27/h2-22H,1H3/b29-21-. The van der Waals surface area contributed by atoms with Crippen LogP contribution in [0.3, 0.4) is 0 Å². The molecule has 4 aromatic carbocycles. The summed E-state index contributed by atoms with van der Waals surface area (Å²) in [5.74, 6) is 0.572. The van der Waals surface area contributed by atoms with Crippen molar-refractivity contribution in [3.05, 3.63) is 138 Å². The highest BCUT2D eigenvalue weighted by Crippen LogP contribution is 2.31. The Labute approximate surface area is 220 Å². The number of benzene rings is 4.